The van der Waals surface area contributed by atoms with Crippen LogP contribution in [-0.4, -0.2) is 23.1 Å². The van der Waals surface area contributed by atoms with Gasteiger partial charge < -0.3 is 14.6 Å². The van der Waals surface area contributed by atoms with Crippen molar-refractivity contribution in [3.63, 3.8) is 0 Å². The molecule has 19 heavy (non-hydrogen) atoms. The van der Waals surface area contributed by atoms with Crippen LogP contribution in [0.1, 0.15) is 44.5 Å². The van der Waals surface area contributed by atoms with E-state index >= 15 is 0 Å². The summed E-state index contributed by atoms with van der Waals surface area (Å²) in [5.74, 6) is 1.14. The van der Waals surface area contributed by atoms with Gasteiger partial charge in [0.2, 0.25) is 0 Å². The normalized spacial score (nSPS) is 17.0. The third kappa shape index (κ3) is 3.00. The average Bonchev–Trinajstić information content (AvgIpc) is 2.23. The molecule has 1 aliphatic heterocycles. The lowest BCUT2D eigenvalue weighted by molar-refractivity contribution is 0.0612. The maximum atomic E-state index is 12.0. The summed E-state index contributed by atoms with van der Waals surface area (Å²) in [6.45, 7) is 8.34. The molecule has 2 rings (SSSR count). The summed E-state index contributed by atoms with van der Waals surface area (Å²) in [5.41, 5.74) is -0.288. The molecule has 0 amide bonds. The summed E-state index contributed by atoms with van der Waals surface area (Å²) in [5, 5.41) is 9.96. The van der Waals surface area contributed by atoms with Gasteiger partial charge in [-0.15, -0.1) is 0 Å². The maximum absolute atomic E-state index is 12.0. The van der Waals surface area contributed by atoms with Crippen LogP contribution in [0, 0.1) is 5.92 Å². The quantitative estimate of drug-likeness (QED) is 0.911. The maximum Gasteiger partial charge on any atom is 0.174 e. The van der Waals surface area contributed by atoms with Crippen molar-refractivity contribution in [2.75, 3.05) is 6.61 Å². The number of carbonyl (C=O) groups is 1. The molecule has 0 bridgehead atoms. The Morgan fingerprint density at radius 3 is 2.74 bits per heavy atom. The van der Waals surface area contributed by atoms with Crippen molar-refractivity contribution >= 4 is 5.78 Å². The zero-order valence-corrected chi connectivity index (χ0v) is 11.8. The molecular weight excluding hydrogens is 244 g/mol. The highest BCUT2D eigenvalue weighted by Crippen LogP contribution is 2.40. The first-order valence-corrected chi connectivity index (χ1v) is 6.50. The van der Waals surface area contributed by atoms with Crippen molar-refractivity contribution in [3.8, 4) is 17.2 Å². The van der Waals surface area contributed by atoms with E-state index in [9.17, 15) is 9.90 Å². The van der Waals surface area contributed by atoms with Gasteiger partial charge in [0.1, 0.15) is 28.4 Å². The summed E-state index contributed by atoms with van der Waals surface area (Å²) in [4.78, 5) is 12.0. The van der Waals surface area contributed by atoms with Crippen molar-refractivity contribution in [3.05, 3.63) is 17.7 Å². The first kappa shape index (κ1) is 13.7. The van der Waals surface area contributed by atoms with E-state index in [1.165, 1.54) is 6.07 Å². The lowest BCUT2D eigenvalue weighted by atomic mass is 9.92. The van der Waals surface area contributed by atoms with E-state index in [4.69, 9.17) is 9.47 Å². The molecule has 0 atom stereocenters. The van der Waals surface area contributed by atoms with E-state index in [2.05, 4.69) is 0 Å². The topological polar surface area (TPSA) is 55.8 Å². The minimum Gasteiger partial charge on any atom is -0.507 e. The summed E-state index contributed by atoms with van der Waals surface area (Å²) in [6, 6.07) is 3.15. The molecule has 1 aromatic carbocycles. The fourth-order valence-electron chi connectivity index (χ4n) is 2.09. The van der Waals surface area contributed by atoms with Gasteiger partial charge in [-0.25, -0.2) is 0 Å². The lowest BCUT2D eigenvalue weighted by Gasteiger charge is -2.32. The molecule has 0 unspecified atom stereocenters. The third-order valence-corrected chi connectivity index (χ3v) is 2.89. The Hall–Kier alpha value is -1.71. The summed E-state index contributed by atoms with van der Waals surface area (Å²) in [6.07, 6.45) is 0.264. The number of phenolic OH excluding ortho intramolecular Hbond substituents is 1. The Labute approximate surface area is 113 Å². The molecule has 1 N–H and O–H groups in total. The van der Waals surface area contributed by atoms with E-state index < -0.39 is 5.60 Å². The number of phenols is 1. The van der Waals surface area contributed by atoms with Crippen LogP contribution in [-0.2, 0) is 0 Å². The van der Waals surface area contributed by atoms with Crippen molar-refractivity contribution in [2.24, 2.45) is 5.92 Å². The Kier molecular flexibility index (Phi) is 3.43. The van der Waals surface area contributed by atoms with Crippen LogP contribution < -0.4 is 9.47 Å². The Morgan fingerprint density at radius 2 is 2.11 bits per heavy atom. The minimum atomic E-state index is -0.548. The Balaban J connectivity index is 2.34. The molecule has 104 valence electrons. The van der Waals surface area contributed by atoms with E-state index in [1.807, 2.05) is 27.7 Å². The van der Waals surface area contributed by atoms with E-state index in [0.29, 0.717) is 24.0 Å². The summed E-state index contributed by atoms with van der Waals surface area (Å²) < 4.78 is 11.3. The molecule has 0 spiro atoms. The molecule has 0 aliphatic carbocycles. The van der Waals surface area contributed by atoms with Gasteiger partial charge in [-0.3, -0.25) is 4.79 Å². The first-order chi connectivity index (χ1) is 8.78. The monoisotopic (exact) mass is 264 g/mol. The highest BCUT2D eigenvalue weighted by atomic mass is 16.5. The zero-order valence-electron chi connectivity index (χ0n) is 11.8. The van der Waals surface area contributed by atoms with Crippen LogP contribution in [0.15, 0.2) is 12.1 Å². The van der Waals surface area contributed by atoms with Crippen LogP contribution in [0.25, 0.3) is 0 Å². The second-order valence-electron chi connectivity index (χ2n) is 5.98. The predicted molar refractivity (Wildman–Crippen MR) is 72.1 cm³/mol. The number of hydrogen-bond acceptors (Lipinski definition) is 4. The number of hydrogen-bond donors (Lipinski definition) is 1. The van der Waals surface area contributed by atoms with Crippen LogP contribution in [0.5, 0.6) is 17.2 Å². The summed E-state index contributed by atoms with van der Waals surface area (Å²) >= 11 is 0. The van der Waals surface area contributed by atoms with Gasteiger partial charge in [0.05, 0.1) is 13.0 Å². The Bertz CT molecular complexity index is 503. The molecular formula is C15H20O4. The molecule has 0 aromatic heterocycles. The SMILES string of the molecule is CC(C)COc1cc(O)c2c(c1)OC(C)(C)CC2=O. The number of rotatable bonds is 3. The number of ketones is 1. The second-order valence-corrected chi connectivity index (χ2v) is 5.98. The molecule has 0 radical (unpaired) electrons. The van der Waals surface area contributed by atoms with Crippen LogP contribution >= 0.6 is 0 Å². The van der Waals surface area contributed by atoms with E-state index in [1.54, 1.807) is 6.07 Å². The van der Waals surface area contributed by atoms with E-state index in [-0.39, 0.29) is 23.5 Å². The Morgan fingerprint density at radius 1 is 1.42 bits per heavy atom. The molecule has 1 heterocycles. The van der Waals surface area contributed by atoms with Gasteiger partial charge in [-0.2, -0.15) is 0 Å². The van der Waals surface area contributed by atoms with Gasteiger partial charge in [-0.05, 0) is 19.8 Å². The molecule has 0 saturated heterocycles. The minimum absolute atomic E-state index is 0.0724. The zero-order chi connectivity index (χ0) is 14.2. The number of fused-ring (bicyclic) bond motifs is 1. The van der Waals surface area contributed by atoms with Gasteiger partial charge >= 0.3 is 0 Å². The number of carbonyl (C=O) groups excluding carboxylic acids is 1. The van der Waals surface area contributed by atoms with Crippen LogP contribution in [0.3, 0.4) is 0 Å². The molecule has 0 saturated carbocycles. The van der Waals surface area contributed by atoms with E-state index in [0.717, 1.165) is 0 Å². The smallest absolute Gasteiger partial charge is 0.174 e. The molecule has 0 fully saturated rings. The summed E-state index contributed by atoms with van der Waals surface area (Å²) in [7, 11) is 0. The molecule has 1 aliphatic rings. The number of benzene rings is 1. The van der Waals surface area contributed by atoms with Crippen LogP contribution in [0.4, 0.5) is 0 Å². The van der Waals surface area contributed by atoms with Gasteiger partial charge in [0.15, 0.2) is 5.78 Å². The van der Waals surface area contributed by atoms with Crippen molar-refractivity contribution in [1.29, 1.82) is 0 Å². The average molecular weight is 264 g/mol. The highest BCUT2D eigenvalue weighted by molar-refractivity contribution is 6.03. The van der Waals surface area contributed by atoms with Gasteiger partial charge in [0.25, 0.3) is 0 Å². The van der Waals surface area contributed by atoms with Crippen molar-refractivity contribution < 1.29 is 19.4 Å². The first-order valence-electron chi connectivity index (χ1n) is 6.50. The standard InChI is InChI=1S/C15H20O4/c1-9(2)8-18-10-5-11(16)14-12(17)7-15(3,4)19-13(14)6-10/h5-6,9,16H,7-8H2,1-4H3. The molecule has 4 heteroatoms. The number of aromatic hydroxyl groups is 1. The third-order valence-electron chi connectivity index (χ3n) is 2.89. The second kappa shape index (κ2) is 4.76. The molecule has 1 aromatic rings. The highest BCUT2D eigenvalue weighted by Gasteiger charge is 2.34. The lowest BCUT2D eigenvalue weighted by Crippen LogP contribution is -2.35. The number of Topliss-reactive ketones (excluding diaryl/α,β-unsaturated/α-hetero) is 1. The largest absolute Gasteiger partial charge is 0.507 e. The van der Waals surface area contributed by atoms with Gasteiger partial charge in [-0.1, -0.05) is 13.8 Å². The van der Waals surface area contributed by atoms with Crippen LogP contribution in [0.2, 0.25) is 0 Å². The van der Waals surface area contributed by atoms with Crippen molar-refractivity contribution in [2.45, 2.75) is 39.7 Å². The fourth-order valence-corrected chi connectivity index (χ4v) is 2.09. The van der Waals surface area contributed by atoms with Gasteiger partial charge in [0, 0.05) is 12.1 Å². The number of ether oxygens (including phenoxy) is 2. The van der Waals surface area contributed by atoms with Crippen molar-refractivity contribution in [1.82, 2.24) is 0 Å². The predicted octanol–water partition coefficient (Wildman–Crippen LogP) is 3.17. The fraction of sp³-hybridized carbons (Fsp3) is 0.533. The molecule has 4 nitrogen and oxygen atoms in total.